The van der Waals surface area contributed by atoms with E-state index in [9.17, 15) is 10.1 Å². The fourth-order valence-corrected chi connectivity index (χ4v) is 2.23. The monoisotopic (exact) mass is 286 g/mol. The molecule has 0 aliphatic rings. The maximum absolute atomic E-state index is 11.2. The van der Waals surface area contributed by atoms with Gasteiger partial charge in [-0.3, -0.25) is 10.1 Å². The summed E-state index contributed by atoms with van der Waals surface area (Å²) in [6.07, 6.45) is 0.802. The summed E-state index contributed by atoms with van der Waals surface area (Å²) >= 11 is 0. The summed E-state index contributed by atoms with van der Waals surface area (Å²) in [5.74, 6) is 0.264. The molecule has 0 saturated carbocycles. The van der Waals surface area contributed by atoms with E-state index < -0.39 is 4.92 Å². The van der Waals surface area contributed by atoms with Gasteiger partial charge in [-0.05, 0) is 31.0 Å². The molecule has 110 valence electrons. The molecule has 0 spiro atoms. The van der Waals surface area contributed by atoms with Crippen molar-refractivity contribution in [2.24, 2.45) is 0 Å². The first-order valence-electron chi connectivity index (χ1n) is 6.72. The number of rotatable bonds is 6. The van der Waals surface area contributed by atoms with Gasteiger partial charge in [-0.2, -0.15) is 0 Å². The standard InChI is InChI=1S/C16H18N2O3/c1-12-5-3-6-13(11-12)9-10-17-14-7-4-8-15(21-2)16(14)18(19)20/h3-8,11,17H,9-10H2,1-2H3. The number of hydrogen-bond donors (Lipinski definition) is 1. The fraction of sp³-hybridized carbons (Fsp3) is 0.250. The van der Waals surface area contributed by atoms with Crippen molar-refractivity contribution in [1.29, 1.82) is 0 Å². The first-order chi connectivity index (χ1) is 10.1. The van der Waals surface area contributed by atoms with Gasteiger partial charge in [0.05, 0.1) is 12.0 Å². The van der Waals surface area contributed by atoms with Gasteiger partial charge in [0.1, 0.15) is 5.69 Å². The lowest BCUT2D eigenvalue weighted by atomic mass is 10.1. The number of hydrogen-bond acceptors (Lipinski definition) is 4. The summed E-state index contributed by atoms with van der Waals surface area (Å²) in [4.78, 5) is 10.7. The SMILES string of the molecule is COc1cccc(NCCc2cccc(C)c2)c1[N+](=O)[O-]. The molecular formula is C16H18N2O3. The van der Waals surface area contributed by atoms with Gasteiger partial charge in [0.15, 0.2) is 5.75 Å². The Morgan fingerprint density at radius 3 is 2.67 bits per heavy atom. The molecule has 0 bridgehead atoms. The number of anilines is 1. The van der Waals surface area contributed by atoms with Crippen LogP contribution in [0.2, 0.25) is 0 Å². The number of ether oxygens (including phenoxy) is 1. The second kappa shape index (κ2) is 6.74. The third-order valence-corrected chi connectivity index (χ3v) is 3.21. The summed E-state index contributed by atoms with van der Waals surface area (Å²) in [7, 11) is 1.43. The number of nitrogens with one attached hydrogen (secondary N) is 1. The Balaban J connectivity index is 2.08. The molecule has 2 aromatic carbocycles. The van der Waals surface area contributed by atoms with Crippen molar-refractivity contribution in [3.63, 3.8) is 0 Å². The van der Waals surface area contributed by atoms with Crippen molar-refractivity contribution in [1.82, 2.24) is 0 Å². The Morgan fingerprint density at radius 2 is 2.00 bits per heavy atom. The number of nitrogens with zero attached hydrogens (tertiary/aromatic N) is 1. The van der Waals surface area contributed by atoms with Crippen LogP contribution in [-0.4, -0.2) is 18.6 Å². The molecule has 0 aliphatic carbocycles. The Hall–Kier alpha value is -2.56. The van der Waals surface area contributed by atoms with Gasteiger partial charge in [-0.1, -0.05) is 35.9 Å². The summed E-state index contributed by atoms with van der Waals surface area (Å²) in [6, 6.07) is 13.2. The Morgan fingerprint density at radius 1 is 1.24 bits per heavy atom. The van der Waals surface area contributed by atoms with Crippen molar-refractivity contribution >= 4 is 11.4 Å². The highest BCUT2D eigenvalue weighted by molar-refractivity contribution is 5.68. The number of benzene rings is 2. The fourth-order valence-electron chi connectivity index (χ4n) is 2.23. The predicted molar refractivity (Wildman–Crippen MR) is 83.0 cm³/mol. The molecule has 0 atom stereocenters. The van der Waals surface area contributed by atoms with Crippen LogP contribution in [0.3, 0.4) is 0 Å². The zero-order chi connectivity index (χ0) is 15.2. The highest BCUT2D eigenvalue weighted by atomic mass is 16.6. The number of nitro groups is 1. The van der Waals surface area contributed by atoms with Gasteiger partial charge in [0.25, 0.3) is 0 Å². The van der Waals surface area contributed by atoms with Crippen LogP contribution in [0.4, 0.5) is 11.4 Å². The molecule has 0 unspecified atom stereocenters. The van der Waals surface area contributed by atoms with Crippen LogP contribution in [0, 0.1) is 17.0 Å². The van der Waals surface area contributed by atoms with E-state index in [2.05, 4.69) is 17.4 Å². The second-order valence-electron chi connectivity index (χ2n) is 4.78. The third-order valence-electron chi connectivity index (χ3n) is 3.21. The Bertz CT molecular complexity index is 641. The lowest BCUT2D eigenvalue weighted by Gasteiger charge is -2.09. The third kappa shape index (κ3) is 3.72. The molecule has 21 heavy (non-hydrogen) atoms. The maximum Gasteiger partial charge on any atom is 0.333 e. The van der Waals surface area contributed by atoms with Crippen LogP contribution in [-0.2, 0) is 6.42 Å². The molecule has 5 nitrogen and oxygen atoms in total. The van der Waals surface area contributed by atoms with E-state index in [0.717, 1.165) is 6.42 Å². The summed E-state index contributed by atoms with van der Waals surface area (Å²) < 4.78 is 5.05. The summed E-state index contributed by atoms with van der Waals surface area (Å²) in [6.45, 7) is 2.67. The number of para-hydroxylation sites is 1. The minimum absolute atomic E-state index is 0.0238. The molecule has 0 aromatic heterocycles. The molecule has 5 heteroatoms. The van der Waals surface area contributed by atoms with Gasteiger partial charge in [-0.25, -0.2) is 0 Å². The average molecular weight is 286 g/mol. The van der Waals surface area contributed by atoms with Gasteiger partial charge >= 0.3 is 5.69 Å². The van der Waals surface area contributed by atoms with Crippen molar-refractivity contribution in [3.05, 3.63) is 63.7 Å². The predicted octanol–water partition coefficient (Wildman–Crippen LogP) is 3.57. The smallest absolute Gasteiger partial charge is 0.333 e. The van der Waals surface area contributed by atoms with Gasteiger partial charge < -0.3 is 10.1 Å². The van der Waals surface area contributed by atoms with Crippen molar-refractivity contribution < 1.29 is 9.66 Å². The van der Waals surface area contributed by atoms with Crippen LogP contribution in [0.15, 0.2) is 42.5 Å². The van der Waals surface area contributed by atoms with E-state index >= 15 is 0 Å². The largest absolute Gasteiger partial charge is 0.490 e. The number of methoxy groups -OCH3 is 1. The highest BCUT2D eigenvalue weighted by Crippen LogP contribution is 2.34. The quantitative estimate of drug-likeness (QED) is 0.651. The van der Waals surface area contributed by atoms with Crippen molar-refractivity contribution in [3.8, 4) is 5.75 Å². The first-order valence-corrected chi connectivity index (χ1v) is 6.72. The van der Waals surface area contributed by atoms with E-state index in [0.29, 0.717) is 12.2 Å². The molecule has 2 rings (SSSR count). The van der Waals surface area contributed by atoms with Gasteiger partial charge in [-0.15, -0.1) is 0 Å². The van der Waals surface area contributed by atoms with E-state index in [1.807, 2.05) is 19.1 Å². The van der Waals surface area contributed by atoms with Crippen LogP contribution < -0.4 is 10.1 Å². The topological polar surface area (TPSA) is 64.4 Å². The minimum Gasteiger partial charge on any atom is -0.490 e. The van der Waals surface area contributed by atoms with E-state index in [1.165, 1.54) is 18.2 Å². The highest BCUT2D eigenvalue weighted by Gasteiger charge is 2.19. The van der Waals surface area contributed by atoms with Crippen LogP contribution in [0.5, 0.6) is 5.75 Å². The van der Waals surface area contributed by atoms with Gasteiger partial charge in [0, 0.05) is 6.54 Å². The molecule has 0 aliphatic heterocycles. The number of aryl methyl sites for hydroxylation is 1. The van der Waals surface area contributed by atoms with Crippen molar-refractivity contribution in [2.75, 3.05) is 19.0 Å². The van der Waals surface area contributed by atoms with Crippen LogP contribution >= 0.6 is 0 Å². The lowest BCUT2D eigenvalue weighted by molar-refractivity contribution is -0.384. The lowest BCUT2D eigenvalue weighted by Crippen LogP contribution is -2.07. The van der Waals surface area contributed by atoms with E-state index in [1.54, 1.807) is 18.2 Å². The maximum atomic E-state index is 11.2. The molecular weight excluding hydrogens is 268 g/mol. The molecule has 0 heterocycles. The average Bonchev–Trinajstić information content (AvgIpc) is 2.46. The molecule has 0 radical (unpaired) electrons. The van der Waals surface area contributed by atoms with E-state index in [4.69, 9.17) is 4.74 Å². The molecule has 0 saturated heterocycles. The molecule has 2 aromatic rings. The summed E-state index contributed by atoms with van der Waals surface area (Å²) in [5, 5.41) is 14.3. The van der Waals surface area contributed by atoms with E-state index in [-0.39, 0.29) is 11.4 Å². The zero-order valence-corrected chi connectivity index (χ0v) is 12.1. The molecule has 0 fully saturated rings. The zero-order valence-electron chi connectivity index (χ0n) is 12.1. The second-order valence-corrected chi connectivity index (χ2v) is 4.78. The Labute approximate surface area is 123 Å². The first kappa shape index (κ1) is 14.8. The minimum atomic E-state index is -0.423. The van der Waals surface area contributed by atoms with Gasteiger partial charge in [0.2, 0.25) is 0 Å². The van der Waals surface area contributed by atoms with Crippen molar-refractivity contribution in [2.45, 2.75) is 13.3 Å². The molecule has 0 amide bonds. The summed E-state index contributed by atoms with van der Waals surface area (Å²) in [5.41, 5.74) is 2.86. The van der Waals surface area contributed by atoms with Crippen LogP contribution in [0.1, 0.15) is 11.1 Å². The molecule has 1 N–H and O–H groups in total. The normalized spacial score (nSPS) is 10.2. The Kier molecular flexibility index (Phi) is 4.77. The van der Waals surface area contributed by atoms with Crippen LogP contribution in [0.25, 0.3) is 0 Å². The number of nitro benzene ring substituents is 1.